The fraction of sp³-hybridized carbons (Fsp3) is 0.400. The monoisotopic (exact) mass is 430 g/mol. The number of aryl methyl sites for hydroxylation is 1. The number of carbonyl (C=O) groups is 2. The maximum Gasteiger partial charge on any atom is 0.279 e. The van der Waals surface area contributed by atoms with Gasteiger partial charge in [0.05, 0.1) is 4.88 Å². The van der Waals surface area contributed by atoms with Crippen molar-refractivity contribution in [3.63, 3.8) is 0 Å². The van der Waals surface area contributed by atoms with Gasteiger partial charge in [0.2, 0.25) is 0 Å². The molecule has 3 aromatic heterocycles. The minimum atomic E-state index is -0.689. The van der Waals surface area contributed by atoms with Crippen LogP contribution in [0.25, 0.3) is 4.96 Å². The summed E-state index contributed by atoms with van der Waals surface area (Å²) in [5.74, 6) is -0.479. The van der Waals surface area contributed by atoms with Gasteiger partial charge in [0.1, 0.15) is 5.56 Å². The highest BCUT2D eigenvalue weighted by Gasteiger charge is 2.30. The summed E-state index contributed by atoms with van der Waals surface area (Å²) >= 11 is 2.77. The molecule has 1 aliphatic carbocycles. The van der Waals surface area contributed by atoms with E-state index in [0.717, 1.165) is 19.3 Å². The number of fused-ring (bicyclic) bond motifs is 2. The molecule has 1 atom stereocenters. The molecule has 1 aliphatic rings. The fourth-order valence-corrected chi connectivity index (χ4v) is 5.38. The predicted octanol–water partition coefficient (Wildman–Crippen LogP) is 3.04. The lowest BCUT2D eigenvalue weighted by Gasteiger charge is -2.33. The molecule has 3 aromatic rings. The van der Waals surface area contributed by atoms with Crippen LogP contribution in [0.3, 0.4) is 0 Å². The first-order valence-electron chi connectivity index (χ1n) is 9.41. The average molecular weight is 431 g/mol. The Hall–Kier alpha value is -2.52. The molecule has 7 nitrogen and oxygen atoms in total. The number of hydrogen-bond donors (Lipinski definition) is 2. The molecule has 29 heavy (non-hydrogen) atoms. The second-order valence-corrected chi connectivity index (χ2v) is 10.3. The molecule has 1 unspecified atom stereocenters. The molecule has 4 rings (SSSR count). The first-order valence-corrected chi connectivity index (χ1v) is 11.1. The number of thiophene rings is 1. The Morgan fingerprint density at radius 1 is 1.24 bits per heavy atom. The number of carbonyl (C=O) groups excluding carboxylic acids is 2. The van der Waals surface area contributed by atoms with E-state index in [2.05, 4.69) is 36.6 Å². The Bertz CT molecular complexity index is 1150. The molecule has 9 heteroatoms. The van der Waals surface area contributed by atoms with Crippen LogP contribution in [0.2, 0.25) is 0 Å². The third kappa shape index (κ3) is 3.84. The van der Waals surface area contributed by atoms with Gasteiger partial charge in [0, 0.05) is 22.7 Å². The van der Waals surface area contributed by atoms with Crippen LogP contribution in [0.5, 0.6) is 0 Å². The first-order chi connectivity index (χ1) is 13.7. The Kier molecular flexibility index (Phi) is 5.04. The van der Waals surface area contributed by atoms with E-state index in [0.29, 0.717) is 15.8 Å². The van der Waals surface area contributed by atoms with Crippen molar-refractivity contribution in [2.75, 3.05) is 0 Å². The largest absolute Gasteiger partial charge is 0.279 e. The number of amides is 2. The quantitative estimate of drug-likeness (QED) is 0.611. The Morgan fingerprint density at radius 3 is 2.76 bits per heavy atom. The van der Waals surface area contributed by atoms with E-state index in [1.54, 1.807) is 11.6 Å². The number of thiazole rings is 1. The highest BCUT2D eigenvalue weighted by Crippen LogP contribution is 2.40. The fourth-order valence-electron chi connectivity index (χ4n) is 3.60. The van der Waals surface area contributed by atoms with Crippen LogP contribution in [-0.4, -0.2) is 21.2 Å². The van der Waals surface area contributed by atoms with Crippen LogP contribution in [0.4, 0.5) is 0 Å². The second-order valence-electron chi connectivity index (χ2n) is 8.31. The van der Waals surface area contributed by atoms with Gasteiger partial charge in [-0.05, 0) is 42.2 Å². The van der Waals surface area contributed by atoms with Crippen molar-refractivity contribution < 1.29 is 9.59 Å². The van der Waals surface area contributed by atoms with Gasteiger partial charge in [-0.25, -0.2) is 4.98 Å². The van der Waals surface area contributed by atoms with E-state index < -0.39 is 11.5 Å². The van der Waals surface area contributed by atoms with E-state index in [9.17, 15) is 14.4 Å². The number of nitrogens with zero attached hydrogens (tertiary/aromatic N) is 2. The maximum atomic E-state index is 12.5. The Balaban J connectivity index is 1.44. The third-order valence-electron chi connectivity index (χ3n) is 5.41. The Labute approximate surface area is 175 Å². The zero-order chi connectivity index (χ0) is 20.8. The van der Waals surface area contributed by atoms with Gasteiger partial charge < -0.3 is 0 Å². The SMILES string of the molecule is CC(C)(C)C1CCc2sc(C(=O)NNC(=O)c3cnc4sccn4c3=O)cc2C1. The lowest BCUT2D eigenvalue weighted by molar-refractivity contribution is 0.0847. The summed E-state index contributed by atoms with van der Waals surface area (Å²) in [4.78, 5) is 43.6. The van der Waals surface area contributed by atoms with Crippen molar-refractivity contribution in [1.82, 2.24) is 20.2 Å². The number of aromatic nitrogens is 2. The topological polar surface area (TPSA) is 92.6 Å². The van der Waals surface area contributed by atoms with Crippen molar-refractivity contribution in [2.24, 2.45) is 11.3 Å². The zero-order valence-electron chi connectivity index (χ0n) is 16.4. The number of nitrogens with one attached hydrogen (secondary N) is 2. The number of hydrogen-bond acceptors (Lipinski definition) is 6. The molecule has 0 aromatic carbocycles. The van der Waals surface area contributed by atoms with Crippen molar-refractivity contribution in [2.45, 2.75) is 40.0 Å². The smallest absolute Gasteiger partial charge is 0.268 e. The molecule has 0 spiro atoms. The molecule has 2 N–H and O–H groups in total. The van der Waals surface area contributed by atoms with Crippen LogP contribution in [0.1, 0.15) is 57.7 Å². The lowest BCUT2D eigenvalue weighted by Crippen LogP contribution is -2.43. The summed E-state index contributed by atoms with van der Waals surface area (Å²) < 4.78 is 1.31. The molecule has 0 fully saturated rings. The van der Waals surface area contributed by atoms with Crippen LogP contribution < -0.4 is 16.4 Å². The summed E-state index contributed by atoms with van der Waals surface area (Å²) in [7, 11) is 0. The Morgan fingerprint density at radius 2 is 2.00 bits per heavy atom. The van der Waals surface area contributed by atoms with Crippen molar-refractivity contribution >= 4 is 39.4 Å². The lowest BCUT2D eigenvalue weighted by atomic mass is 9.72. The van der Waals surface area contributed by atoms with E-state index in [4.69, 9.17) is 0 Å². The molecule has 0 radical (unpaired) electrons. The molecular weight excluding hydrogens is 408 g/mol. The van der Waals surface area contributed by atoms with Crippen molar-refractivity contribution in [3.8, 4) is 0 Å². The van der Waals surface area contributed by atoms with Crippen molar-refractivity contribution in [1.29, 1.82) is 0 Å². The van der Waals surface area contributed by atoms with Gasteiger partial charge in [-0.15, -0.1) is 22.7 Å². The van der Waals surface area contributed by atoms with Crippen molar-refractivity contribution in [3.05, 3.63) is 55.1 Å². The van der Waals surface area contributed by atoms with E-state index in [-0.39, 0.29) is 16.9 Å². The van der Waals surface area contributed by atoms with Crippen LogP contribution >= 0.6 is 22.7 Å². The first kappa shape index (κ1) is 19.8. The average Bonchev–Trinajstić information content (AvgIpc) is 3.31. The van der Waals surface area contributed by atoms with Gasteiger partial charge in [0.15, 0.2) is 4.96 Å². The summed E-state index contributed by atoms with van der Waals surface area (Å²) in [5, 5.41) is 1.72. The van der Waals surface area contributed by atoms with Gasteiger partial charge in [-0.2, -0.15) is 0 Å². The minimum absolute atomic E-state index is 0.125. The predicted molar refractivity (Wildman–Crippen MR) is 114 cm³/mol. The minimum Gasteiger partial charge on any atom is -0.268 e. The van der Waals surface area contributed by atoms with Gasteiger partial charge in [-0.3, -0.25) is 29.6 Å². The molecular formula is C20H22N4O3S2. The van der Waals surface area contributed by atoms with E-state index in [1.807, 2.05) is 6.07 Å². The summed E-state index contributed by atoms with van der Waals surface area (Å²) in [6.07, 6.45) is 5.86. The zero-order valence-corrected chi connectivity index (χ0v) is 18.1. The second kappa shape index (κ2) is 7.38. The molecule has 2 amide bonds. The molecule has 0 saturated heterocycles. The standard InChI is InChI=1S/C20H22N4O3S2/c1-20(2,3)12-4-5-14-11(8-12)9-15(29-14)17(26)23-22-16(25)13-10-21-19-24(18(13)27)6-7-28-19/h6-7,9-10,12H,4-5,8H2,1-3H3,(H,22,25)(H,23,26). The van der Waals surface area contributed by atoms with Crippen LogP contribution in [-0.2, 0) is 12.8 Å². The summed E-state index contributed by atoms with van der Waals surface area (Å²) in [6, 6.07) is 1.92. The van der Waals surface area contributed by atoms with Gasteiger partial charge in [0.25, 0.3) is 17.4 Å². The molecule has 3 heterocycles. The summed E-state index contributed by atoms with van der Waals surface area (Å²) in [5.41, 5.74) is 5.61. The normalized spacial score (nSPS) is 16.4. The molecule has 152 valence electrons. The number of rotatable bonds is 2. The maximum absolute atomic E-state index is 12.5. The van der Waals surface area contributed by atoms with E-state index >= 15 is 0 Å². The molecule has 0 saturated carbocycles. The molecule has 0 bridgehead atoms. The highest BCUT2D eigenvalue weighted by molar-refractivity contribution is 7.15. The van der Waals surface area contributed by atoms with Gasteiger partial charge >= 0.3 is 0 Å². The number of hydrazine groups is 1. The molecule has 0 aliphatic heterocycles. The van der Waals surface area contributed by atoms with Crippen LogP contribution in [0, 0.1) is 11.3 Å². The highest BCUT2D eigenvalue weighted by atomic mass is 32.1. The summed E-state index contributed by atoms with van der Waals surface area (Å²) in [6.45, 7) is 6.76. The van der Waals surface area contributed by atoms with Gasteiger partial charge in [-0.1, -0.05) is 20.8 Å². The third-order valence-corrected chi connectivity index (χ3v) is 7.41. The van der Waals surface area contributed by atoms with E-state index in [1.165, 1.54) is 43.7 Å². The van der Waals surface area contributed by atoms with Crippen LogP contribution in [0.15, 0.2) is 28.6 Å².